The summed E-state index contributed by atoms with van der Waals surface area (Å²) >= 11 is 3.37. The van der Waals surface area contributed by atoms with E-state index in [0.717, 1.165) is 10.0 Å². The number of hydrogen-bond acceptors (Lipinski definition) is 2. The fourth-order valence-corrected chi connectivity index (χ4v) is 1.91. The Hall–Kier alpha value is -1.34. The molecule has 1 unspecified atom stereocenters. The van der Waals surface area contributed by atoms with E-state index in [0.29, 0.717) is 0 Å². The van der Waals surface area contributed by atoms with Gasteiger partial charge in [0.25, 0.3) is 0 Å². The van der Waals surface area contributed by atoms with E-state index < -0.39 is 5.92 Å². The van der Waals surface area contributed by atoms with E-state index >= 15 is 0 Å². The molecule has 0 spiro atoms. The quantitative estimate of drug-likeness (QED) is 0.926. The van der Waals surface area contributed by atoms with E-state index in [2.05, 4.69) is 21.2 Å². The Morgan fingerprint density at radius 2 is 1.83 bits per heavy atom. The van der Waals surface area contributed by atoms with Crippen LogP contribution in [0.1, 0.15) is 32.4 Å². The minimum atomic E-state index is -0.595. The van der Waals surface area contributed by atoms with E-state index in [-0.39, 0.29) is 17.9 Å². The molecule has 0 saturated heterocycles. The van der Waals surface area contributed by atoms with Gasteiger partial charge in [-0.05, 0) is 30.5 Å². The Bertz CT molecular complexity index is 448. The molecule has 0 aromatic heterocycles. The highest BCUT2D eigenvalue weighted by atomic mass is 79.9. The maximum Gasteiger partial charge on any atom is 0.238 e. The summed E-state index contributed by atoms with van der Waals surface area (Å²) in [5.74, 6) is -0.780. The van der Waals surface area contributed by atoms with Gasteiger partial charge in [0.05, 0.1) is 12.1 Å². The second-order valence-electron chi connectivity index (χ2n) is 4.63. The Labute approximate surface area is 116 Å². The fourth-order valence-electron chi connectivity index (χ4n) is 1.65. The van der Waals surface area contributed by atoms with Crippen molar-refractivity contribution in [3.05, 3.63) is 34.3 Å². The lowest BCUT2D eigenvalue weighted by Gasteiger charge is -2.18. The van der Waals surface area contributed by atoms with Gasteiger partial charge in [-0.3, -0.25) is 4.79 Å². The Kier molecular flexibility index (Phi) is 5.36. The predicted molar refractivity (Wildman–Crippen MR) is 74.6 cm³/mol. The molecule has 0 bridgehead atoms. The molecule has 18 heavy (non-hydrogen) atoms. The summed E-state index contributed by atoms with van der Waals surface area (Å²) in [6, 6.07) is 9.72. The number of nitriles is 1. The second kappa shape index (κ2) is 6.55. The SMILES string of the molecule is CC(C)C(C#N)C(=O)N[C@H](C)c1ccc(Br)cc1. The van der Waals surface area contributed by atoms with Crippen LogP contribution in [0.5, 0.6) is 0 Å². The normalized spacial score (nSPS) is 13.8. The van der Waals surface area contributed by atoms with Gasteiger partial charge in [-0.1, -0.05) is 41.9 Å². The highest BCUT2D eigenvalue weighted by Crippen LogP contribution is 2.18. The largest absolute Gasteiger partial charge is 0.348 e. The highest BCUT2D eigenvalue weighted by Gasteiger charge is 2.23. The topological polar surface area (TPSA) is 52.9 Å². The molecule has 96 valence electrons. The lowest BCUT2D eigenvalue weighted by Crippen LogP contribution is -2.34. The van der Waals surface area contributed by atoms with E-state index in [9.17, 15) is 4.79 Å². The van der Waals surface area contributed by atoms with Gasteiger partial charge in [0.1, 0.15) is 5.92 Å². The van der Waals surface area contributed by atoms with Gasteiger partial charge in [0, 0.05) is 4.47 Å². The summed E-state index contributed by atoms with van der Waals surface area (Å²) in [4.78, 5) is 11.9. The lowest BCUT2D eigenvalue weighted by atomic mass is 9.96. The van der Waals surface area contributed by atoms with Gasteiger partial charge in [0.2, 0.25) is 5.91 Å². The molecule has 0 radical (unpaired) electrons. The zero-order valence-electron chi connectivity index (χ0n) is 10.8. The number of benzene rings is 1. The van der Waals surface area contributed by atoms with Crippen molar-refractivity contribution in [2.45, 2.75) is 26.8 Å². The molecule has 0 fully saturated rings. The molecule has 1 rings (SSSR count). The monoisotopic (exact) mass is 308 g/mol. The lowest BCUT2D eigenvalue weighted by molar-refractivity contribution is -0.125. The van der Waals surface area contributed by atoms with Gasteiger partial charge in [0.15, 0.2) is 0 Å². The maximum atomic E-state index is 11.9. The maximum absolute atomic E-state index is 11.9. The van der Waals surface area contributed by atoms with Crippen LogP contribution in [0, 0.1) is 23.2 Å². The zero-order chi connectivity index (χ0) is 13.7. The van der Waals surface area contributed by atoms with Crippen molar-refractivity contribution in [1.29, 1.82) is 5.26 Å². The third-order valence-corrected chi connectivity index (χ3v) is 3.35. The van der Waals surface area contributed by atoms with Crippen LogP contribution in [0.25, 0.3) is 0 Å². The molecule has 1 N–H and O–H groups in total. The van der Waals surface area contributed by atoms with E-state index in [1.165, 1.54) is 0 Å². The molecule has 1 amide bonds. The van der Waals surface area contributed by atoms with Crippen LogP contribution < -0.4 is 5.32 Å². The minimum Gasteiger partial charge on any atom is -0.348 e. The van der Waals surface area contributed by atoms with Crippen molar-refractivity contribution in [2.24, 2.45) is 11.8 Å². The zero-order valence-corrected chi connectivity index (χ0v) is 12.4. The molecule has 0 heterocycles. The van der Waals surface area contributed by atoms with Crippen LogP contribution in [0.4, 0.5) is 0 Å². The first-order valence-corrected chi connectivity index (χ1v) is 6.70. The van der Waals surface area contributed by atoms with Crippen LogP contribution in [-0.4, -0.2) is 5.91 Å². The first-order valence-electron chi connectivity index (χ1n) is 5.91. The summed E-state index contributed by atoms with van der Waals surface area (Å²) in [5, 5.41) is 11.8. The highest BCUT2D eigenvalue weighted by molar-refractivity contribution is 9.10. The molecule has 4 heteroatoms. The number of carbonyl (C=O) groups is 1. The third kappa shape index (κ3) is 3.85. The molecule has 0 aliphatic heterocycles. The number of nitrogens with one attached hydrogen (secondary N) is 1. The van der Waals surface area contributed by atoms with Crippen LogP contribution >= 0.6 is 15.9 Å². The van der Waals surface area contributed by atoms with Crippen molar-refractivity contribution < 1.29 is 4.79 Å². The molecule has 3 nitrogen and oxygen atoms in total. The molecule has 0 aliphatic carbocycles. The summed E-state index contributed by atoms with van der Waals surface area (Å²) in [7, 11) is 0. The fraction of sp³-hybridized carbons (Fsp3) is 0.429. The molecule has 0 saturated carbocycles. The Morgan fingerprint density at radius 1 is 1.28 bits per heavy atom. The first kappa shape index (κ1) is 14.7. The van der Waals surface area contributed by atoms with Crippen LogP contribution in [-0.2, 0) is 4.79 Å². The van der Waals surface area contributed by atoms with Crippen molar-refractivity contribution >= 4 is 21.8 Å². The minimum absolute atomic E-state index is 0.0205. The van der Waals surface area contributed by atoms with Crippen molar-refractivity contribution in [3.63, 3.8) is 0 Å². The van der Waals surface area contributed by atoms with Crippen LogP contribution in [0.3, 0.4) is 0 Å². The average molecular weight is 309 g/mol. The van der Waals surface area contributed by atoms with Gasteiger partial charge in [-0.15, -0.1) is 0 Å². The number of nitrogens with zero attached hydrogens (tertiary/aromatic N) is 1. The molecular weight excluding hydrogens is 292 g/mol. The number of hydrogen-bond donors (Lipinski definition) is 1. The number of halogens is 1. The molecular formula is C14H17BrN2O. The number of amides is 1. The first-order chi connectivity index (χ1) is 8.45. The van der Waals surface area contributed by atoms with Gasteiger partial charge in [-0.2, -0.15) is 5.26 Å². The van der Waals surface area contributed by atoms with Crippen molar-refractivity contribution in [3.8, 4) is 6.07 Å². The van der Waals surface area contributed by atoms with E-state index in [1.54, 1.807) is 0 Å². The number of rotatable bonds is 4. The molecule has 1 aromatic carbocycles. The summed E-state index contributed by atoms with van der Waals surface area (Å²) < 4.78 is 1.00. The summed E-state index contributed by atoms with van der Waals surface area (Å²) in [5.41, 5.74) is 1.02. The molecule has 0 aliphatic rings. The second-order valence-corrected chi connectivity index (χ2v) is 5.55. The Morgan fingerprint density at radius 3 is 2.28 bits per heavy atom. The van der Waals surface area contributed by atoms with E-state index in [1.807, 2.05) is 51.1 Å². The van der Waals surface area contributed by atoms with Gasteiger partial charge < -0.3 is 5.32 Å². The Balaban J connectivity index is 2.70. The van der Waals surface area contributed by atoms with Gasteiger partial charge >= 0.3 is 0 Å². The van der Waals surface area contributed by atoms with Crippen molar-refractivity contribution in [2.75, 3.05) is 0 Å². The summed E-state index contributed by atoms with van der Waals surface area (Å²) in [6.45, 7) is 5.66. The number of carbonyl (C=O) groups excluding carboxylic acids is 1. The van der Waals surface area contributed by atoms with Crippen LogP contribution in [0.2, 0.25) is 0 Å². The molecule has 2 atom stereocenters. The average Bonchev–Trinajstić information content (AvgIpc) is 2.29. The van der Waals surface area contributed by atoms with E-state index in [4.69, 9.17) is 5.26 Å². The predicted octanol–water partition coefficient (Wildman–Crippen LogP) is 3.42. The van der Waals surface area contributed by atoms with Gasteiger partial charge in [-0.25, -0.2) is 0 Å². The standard InChI is InChI=1S/C14H17BrN2O/c1-9(2)13(8-16)14(18)17-10(3)11-4-6-12(15)7-5-11/h4-7,9-10,13H,1-3H3,(H,17,18)/t10-,13?/m1/s1. The smallest absolute Gasteiger partial charge is 0.238 e. The van der Waals surface area contributed by atoms with Crippen molar-refractivity contribution in [1.82, 2.24) is 5.32 Å². The third-order valence-electron chi connectivity index (χ3n) is 2.82. The van der Waals surface area contributed by atoms with Crippen LogP contribution in [0.15, 0.2) is 28.7 Å². The summed E-state index contributed by atoms with van der Waals surface area (Å²) in [6.07, 6.45) is 0. The molecule has 1 aromatic rings.